The summed E-state index contributed by atoms with van der Waals surface area (Å²) in [6.07, 6.45) is 0. The van der Waals surface area contributed by atoms with Crippen molar-refractivity contribution in [2.24, 2.45) is 11.8 Å². The first-order chi connectivity index (χ1) is 4.70. The minimum absolute atomic E-state index is 0.843. The number of hydrogen-bond acceptors (Lipinski definition) is 2. The highest BCUT2D eigenvalue weighted by molar-refractivity contribution is 8.17. The summed E-state index contributed by atoms with van der Waals surface area (Å²) in [6, 6.07) is 0. The van der Waals surface area contributed by atoms with Gasteiger partial charge in [0.25, 0.3) is 0 Å². The van der Waals surface area contributed by atoms with Crippen LogP contribution in [-0.2, 0) is 0 Å². The van der Waals surface area contributed by atoms with Gasteiger partial charge in [0.05, 0.1) is 0 Å². The molecule has 0 unspecified atom stereocenters. The topological polar surface area (TPSA) is 0 Å². The van der Waals surface area contributed by atoms with Crippen LogP contribution in [0.4, 0.5) is 0 Å². The highest BCUT2D eigenvalue weighted by Crippen LogP contribution is 2.35. The third-order valence-corrected chi connectivity index (χ3v) is 5.03. The predicted molar refractivity (Wildman–Crippen MR) is 52.7 cm³/mol. The molecule has 1 fully saturated rings. The van der Waals surface area contributed by atoms with Gasteiger partial charge in [-0.2, -0.15) is 0 Å². The fourth-order valence-corrected chi connectivity index (χ4v) is 4.05. The van der Waals surface area contributed by atoms with Crippen molar-refractivity contribution in [1.82, 2.24) is 0 Å². The van der Waals surface area contributed by atoms with Crippen LogP contribution in [0.15, 0.2) is 0 Å². The van der Waals surface area contributed by atoms with Gasteiger partial charge in [-0.3, -0.25) is 0 Å². The second kappa shape index (κ2) is 3.91. The third kappa shape index (κ3) is 2.39. The molecule has 0 nitrogen and oxygen atoms in total. The first-order valence-electron chi connectivity index (χ1n) is 3.93. The van der Waals surface area contributed by atoms with Gasteiger partial charge >= 0.3 is 0 Å². The lowest BCUT2D eigenvalue weighted by molar-refractivity contribution is 0.470. The molecule has 10 heavy (non-hydrogen) atoms. The summed E-state index contributed by atoms with van der Waals surface area (Å²) in [4.78, 5) is 0. The molecule has 0 radical (unpaired) electrons. The van der Waals surface area contributed by atoms with Gasteiger partial charge in [-0.05, 0) is 30.3 Å². The van der Waals surface area contributed by atoms with E-state index < -0.39 is 0 Å². The van der Waals surface area contributed by atoms with Crippen molar-refractivity contribution in [2.75, 3.05) is 11.5 Å². The lowest BCUT2D eigenvalue weighted by atomic mass is 10.0. The molecule has 0 saturated carbocycles. The average molecular weight is 176 g/mol. The van der Waals surface area contributed by atoms with Crippen molar-refractivity contribution < 1.29 is 0 Å². The van der Waals surface area contributed by atoms with E-state index in [4.69, 9.17) is 0 Å². The van der Waals surface area contributed by atoms with E-state index in [0.717, 1.165) is 16.4 Å². The third-order valence-electron chi connectivity index (χ3n) is 2.03. The van der Waals surface area contributed by atoms with Gasteiger partial charge in [0, 0.05) is 4.58 Å². The molecule has 1 aliphatic heterocycles. The molecule has 0 N–H and O–H groups in total. The minimum atomic E-state index is 0.843. The summed E-state index contributed by atoms with van der Waals surface area (Å²) >= 11 is 4.23. The Morgan fingerprint density at radius 3 is 2.10 bits per heavy atom. The van der Waals surface area contributed by atoms with Crippen LogP contribution in [0.1, 0.15) is 20.8 Å². The van der Waals surface area contributed by atoms with Crippen LogP contribution in [0, 0.1) is 11.8 Å². The van der Waals surface area contributed by atoms with Crippen LogP contribution in [0.3, 0.4) is 0 Å². The molecular formula is C8H16S2. The molecule has 2 heteroatoms. The monoisotopic (exact) mass is 176 g/mol. The van der Waals surface area contributed by atoms with Crippen molar-refractivity contribution in [1.29, 1.82) is 0 Å². The maximum Gasteiger partial charge on any atom is 0.0474 e. The van der Waals surface area contributed by atoms with Gasteiger partial charge in [-0.25, -0.2) is 0 Å². The molecule has 0 atom stereocenters. The van der Waals surface area contributed by atoms with Crippen LogP contribution in [0.5, 0.6) is 0 Å². The Bertz CT molecular complexity index is 93.4. The van der Waals surface area contributed by atoms with Gasteiger partial charge in [0.2, 0.25) is 0 Å². The lowest BCUT2D eigenvalue weighted by Gasteiger charge is -2.27. The fraction of sp³-hybridized carbons (Fsp3) is 1.00. The van der Waals surface area contributed by atoms with Crippen molar-refractivity contribution >= 4 is 23.5 Å². The normalized spacial score (nSPS) is 34.8. The molecule has 0 spiro atoms. The molecule has 1 saturated heterocycles. The fourth-order valence-electron chi connectivity index (χ4n) is 0.999. The minimum Gasteiger partial charge on any atom is -0.148 e. The van der Waals surface area contributed by atoms with Crippen LogP contribution in [0.25, 0.3) is 0 Å². The Balaban J connectivity index is 2.26. The van der Waals surface area contributed by atoms with Gasteiger partial charge in [0.1, 0.15) is 0 Å². The van der Waals surface area contributed by atoms with Crippen molar-refractivity contribution in [3.63, 3.8) is 0 Å². The molecule has 60 valence electrons. The van der Waals surface area contributed by atoms with E-state index in [1.54, 1.807) is 0 Å². The van der Waals surface area contributed by atoms with Gasteiger partial charge in [0.15, 0.2) is 0 Å². The second-order valence-corrected chi connectivity index (χ2v) is 6.28. The van der Waals surface area contributed by atoms with Crippen LogP contribution in [-0.4, -0.2) is 16.1 Å². The molecule has 1 aliphatic rings. The second-order valence-electron chi connectivity index (χ2n) is 3.24. The molecule has 0 amide bonds. The zero-order chi connectivity index (χ0) is 7.56. The largest absolute Gasteiger partial charge is 0.148 e. The summed E-state index contributed by atoms with van der Waals surface area (Å²) < 4.78 is 0.843. The first-order valence-corrected chi connectivity index (χ1v) is 6.03. The lowest BCUT2D eigenvalue weighted by Crippen LogP contribution is -2.20. The Hall–Kier alpha value is 0.700. The Labute approximate surface area is 72.5 Å². The highest BCUT2D eigenvalue weighted by Gasteiger charge is 2.20. The summed E-state index contributed by atoms with van der Waals surface area (Å²) in [7, 11) is 0. The molecule has 0 aromatic heterocycles. The number of thioether (sulfide) groups is 2. The smallest absolute Gasteiger partial charge is 0.0474 e. The molecule has 0 bridgehead atoms. The Kier molecular flexibility index (Phi) is 3.44. The van der Waals surface area contributed by atoms with Crippen LogP contribution >= 0.6 is 23.5 Å². The average Bonchev–Trinajstić information content (AvgIpc) is 1.88. The van der Waals surface area contributed by atoms with Gasteiger partial charge in [-0.15, -0.1) is 23.5 Å². The SMILES string of the molecule is CC1SCC(C(C)C)CS1. The molecule has 0 aromatic rings. The standard InChI is InChI=1S/C8H16S2/c1-6(2)8-4-9-7(3)10-5-8/h6-8H,4-5H2,1-3H3. The summed E-state index contributed by atoms with van der Waals surface area (Å²) in [5, 5.41) is 0. The number of hydrogen-bond donors (Lipinski definition) is 0. The molecule has 0 aromatic carbocycles. The maximum absolute atomic E-state index is 2.34. The van der Waals surface area contributed by atoms with Crippen molar-refractivity contribution in [2.45, 2.75) is 25.4 Å². The van der Waals surface area contributed by atoms with Gasteiger partial charge < -0.3 is 0 Å². The van der Waals surface area contributed by atoms with Crippen LogP contribution in [0.2, 0.25) is 0 Å². The predicted octanol–water partition coefficient (Wildman–Crippen LogP) is 3.08. The van der Waals surface area contributed by atoms with E-state index in [9.17, 15) is 0 Å². The Morgan fingerprint density at radius 2 is 1.70 bits per heavy atom. The van der Waals surface area contributed by atoms with E-state index >= 15 is 0 Å². The van der Waals surface area contributed by atoms with Crippen molar-refractivity contribution in [3.8, 4) is 0 Å². The van der Waals surface area contributed by atoms with E-state index in [1.807, 2.05) is 0 Å². The number of rotatable bonds is 1. The summed E-state index contributed by atoms with van der Waals surface area (Å²) in [6.45, 7) is 6.98. The zero-order valence-electron chi connectivity index (χ0n) is 6.96. The quantitative estimate of drug-likeness (QED) is 0.602. The molecular weight excluding hydrogens is 160 g/mol. The van der Waals surface area contributed by atoms with E-state index in [0.29, 0.717) is 0 Å². The Morgan fingerprint density at radius 1 is 1.20 bits per heavy atom. The van der Waals surface area contributed by atoms with Crippen LogP contribution < -0.4 is 0 Å². The maximum atomic E-state index is 2.34. The van der Waals surface area contributed by atoms with E-state index in [1.165, 1.54) is 11.5 Å². The van der Waals surface area contributed by atoms with E-state index in [2.05, 4.69) is 44.3 Å². The zero-order valence-corrected chi connectivity index (χ0v) is 8.60. The molecule has 1 rings (SSSR count). The molecule has 0 aliphatic carbocycles. The molecule has 1 heterocycles. The summed E-state index contributed by atoms with van der Waals surface area (Å²) in [5.41, 5.74) is 0. The summed E-state index contributed by atoms with van der Waals surface area (Å²) in [5.74, 6) is 4.61. The van der Waals surface area contributed by atoms with Gasteiger partial charge in [-0.1, -0.05) is 13.8 Å². The van der Waals surface area contributed by atoms with Crippen molar-refractivity contribution in [3.05, 3.63) is 0 Å². The highest BCUT2D eigenvalue weighted by atomic mass is 32.2. The van der Waals surface area contributed by atoms with E-state index in [-0.39, 0.29) is 0 Å². The first kappa shape index (κ1) is 8.79.